The third-order valence-corrected chi connectivity index (χ3v) is 1.69. The summed E-state index contributed by atoms with van der Waals surface area (Å²) in [5, 5.41) is 35.3. The molecule has 6 heteroatoms. The maximum atomic E-state index is 10.9. The van der Waals surface area contributed by atoms with Crippen molar-refractivity contribution < 1.29 is 30.0 Å². The highest BCUT2D eigenvalue weighted by Gasteiger charge is 2.42. The number of ether oxygens (including phenoxy) is 1. The Kier molecular flexibility index (Phi) is 2.76. The van der Waals surface area contributed by atoms with E-state index in [1.165, 1.54) is 0 Å². The van der Waals surface area contributed by atoms with Gasteiger partial charge in [-0.2, -0.15) is 0 Å². The molecule has 70 valence electrons. The molecule has 0 spiro atoms. The molecule has 0 saturated carbocycles. The van der Waals surface area contributed by atoms with Crippen molar-refractivity contribution >= 4 is 5.78 Å². The molecule has 0 radical (unpaired) electrons. The van der Waals surface area contributed by atoms with Gasteiger partial charge in [-0.05, 0) is 0 Å². The predicted octanol–water partition coefficient (Wildman–Crippen LogP) is -3.01. The van der Waals surface area contributed by atoms with Crippen molar-refractivity contribution in [3.63, 3.8) is 0 Å². The zero-order valence-electron chi connectivity index (χ0n) is 6.12. The lowest BCUT2D eigenvalue weighted by Crippen LogP contribution is -2.55. The van der Waals surface area contributed by atoms with Gasteiger partial charge in [0, 0.05) is 0 Å². The van der Waals surface area contributed by atoms with E-state index in [2.05, 4.69) is 4.74 Å². The minimum absolute atomic E-state index is 0.625. The summed E-state index contributed by atoms with van der Waals surface area (Å²) in [5.41, 5.74) is 0. The molecule has 0 aromatic rings. The van der Waals surface area contributed by atoms with Crippen LogP contribution >= 0.6 is 0 Å². The fraction of sp³-hybridized carbons (Fsp3) is 0.833. The molecule has 1 heterocycles. The summed E-state index contributed by atoms with van der Waals surface area (Å²) in [6.45, 7) is -0.625. The summed E-state index contributed by atoms with van der Waals surface area (Å²) in [6.07, 6.45) is -6.21. The van der Waals surface area contributed by atoms with E-state index >= 15 is 0 Å². The molecule has 6 nitrogen and oxygen atoms in total. The minimum atomic E-state index is -1.69. The van der Waals surface area contributed by atoms with Crippen molar-refractivity contribution in [3.05, 3.63) is 0 Å². The minimum Gasteiger partial charge on any atom is -0.393 e. The molecule has 4 atom stereocenters. The molecule has 0 aromatic heterocycles. The molecule has 1 saturated heterocycles. The number of aliphatic hydroxyl groups is 4. The lowest BCUT2D eigenvalue weighted by molar-refractivity contribution is -0.239. The number of ketones is 1. The second-order valence-corrected chi connectivity index (χ2v) is 2.54. The molecule has 1 aliphatic heterocycles. The summed E-state index contributed by atoms with van der Waals surface area (Å²) < 4.78 is 4.48. The van der Waals surface area contributed by atoms with Gasteiger partial charge in [0.15, 0.2) is 12.1 Å². The van der Waals surface area contributed by atoms with Crippen LogP contribution in [0.15, 0.2) is 0 Å². The van der Waals surface area contributed by atoms with E-state index < -0.39 is 37.0 Å². The lowest BCUT2D eigenvalue weighted by Gasteiger charge is -2.31. The second kappa shape index (κ2) is 3.46. The summed E-state index contributed by atoms with van der Waals surface area (Å²) in [6, 6.07) is 0. The lowest BCUT2D eigenvalue weighted by atomic mass is 10.0. The van der Waals surface area contributed by atoms with Crippen molar-refractivity contribution in [1.29, 1.82) is 0 Å². The third-order valence-electron chi connectivity index (χ3n) is 1.69. The number of hydrogen-bond donors (Lipinski definition) is 4. The second-order valence-electron chi connectivity index (χ2n) is 2.54. The Hall–Kier alpha value is -0.530. The van der Waals surface area contributed by atoms with Crippen LogP contribution in [0.4, 0.5) is 0 Å². The van der Waals surface area contributed by atoms with Crippen LogP contribution in [0.1, 0.15) is 0 Å². The Balaban J connectivity index is 2.70. The summed E-state index contributed by atoms with van der Waals surface area (Å²) >= 11 is 0. The fourth-order valence-corrected chi connectivity index (χ4v) is 0.964. The van der Waals surface area contributed by atoms with Gasteiger partial charge in [0.1, 0.15) is 18.3 Å². The molecule has 0 amide bonds. The maximum absolute atomic E-state index is 10.9. The first-order valence-corrected chi connectivity index (χ1v) is 3.42. The van der Waals surface area contributed by atoms with Crippen LogP contribution in [0.2, 0.25) is 0 Å². The molecule has 0 bridgehead atoms. The van der Waals surface area contributed by atoms with Gasteiger partial charge < -0.3 is 25.2 Å². The first-order chi connectivity index (χ1) is 5.57. The van der Waals surface area contributed by atoms with E-state index in [9.17, 15) is 4.79 Å². The first kappa shape index (κ1) is 9.56. The van der Waals surface area contributed by atoms with Crippen molar-refractivity contribution in [2.24, 2.45) is 0 Å². The number of aliphatic hydroxyl groups excluding tert-OH is 4. The van der Waals surface area contributed by atoms with E-state index in [4.69, 9.17) is 20.4 Å². The molecule has 1 fully saturated rings. The van der Waals surface area contributed by atoms with Crippen molar-refractivity contribution in [2.45, 2.75) is 24.6 Å². The van der Waals surface area contributed by atoms with Gasteiger partial charge >= 0.3 is 0 Å². The van der Waals surface area contributed by atoms with Crippen molar-refractivity contribution in [1.82, 2.24) is 0 Å². The van der Waals surface area contributed by atoms with Crippen molar-refractivity contribution in [2.75, 3.05) is 6.61 Å². The highest BCUT2D eigenvalue weighted by atomic mass is 16.6. The first-order valence-electron chi connectivity index (χ1n) is 3.42. The summed E-state index contributed by atoms with van der Waals surface area (Å²) in [5.74, 6) is -0.824. The van der Waals surface area contributed by atoms with Gasteiger partial charge in [0.25, 0.3) is 0 Å². The molecule has 1 unspecified atom stereocenters. The quantitative estimate of drug-likeness (QED) is 0.340. The Morgan fingerprint density at radius 3 is 2.42 bits per heavy atom. The van der Waals surface area contributed by atoms with E-state index in [0.29, 0.717) is 0 Å². The Morgan fingerprint density at radius 1 is 1.33 bits per heavy atom. The van der Waals surface area contributed by atoms with Gasteiger partial charge in [0.2, 0.25) is 0 Å². The van der Waals surface area contributed by atoms with Gasteiger partial charge in [-0.1, -0.05) is 0 Å². The highest BCUT2D eigenvalue weighted by Crippen LogP contribution is 2.15. The summed E-state index contributed by atoms with van der Waals surface area (Å²) in [7, 11) is 0. The number of hydrogen-bond acceptors (Lipinski definition) is 6. The van der Waals surface area contributed by atoms with Crippen molar-refractivity contribution in [3.8, 4) is 0 Å². The van der Waals surface area contributed by atoms with E-state index in [1.54, 1.807) is 0 Å². The zero-order valence-corrected chi connectivity index (χ0v) is 6.12. The summed E-state index contributed by atoms with van der Waals surface area (Å²) in [4.78, 5) is 10.9. The van der Waals surface area contributed by atoms with E-state index in [1.807, 2.05) is 0 Å². The van der Waals surface area contributed by atoms with Crippen LogP contribution in [0.3, 0.4) is 0 Å². The van der Waals surface area contributed by atoms with Crippen LogP contribution in [0.25, 0.3) is 0 Å². The number of Topliss-reactive ketones (excluding diaryl/α,β-unsaturated/α-hetero) is 1. The molecular weight excluding hydrogens is 168 g/mol. The van der Waals surface area contributed by atoms with Gasteiger partial charge in [0.05, 0.1) is 6.61 Å². The van der Waals surface area contributed by atoms with E-state index in [-0.39, 0.29) is 0 Å². The normalized spacial score (nSPS) is 43.2. The smallest absolute Gasteiger partial charge is 0.195 e. The molecule has 0 aromatic carbocycles. The van der Waals surface area contributed by atoms with Crippen LogP contribution in [0.5, 0.6) is 0 Å². The van der Waals surface area contributed by atoms with Crippen LogP contribution < -0.4 is 0 Å². The molecule has 1 aliphatic rings. The average Bonchev–Trinajstić information content (AvgIpc) is 2.08. The largest absolute Gasteiger partial charge is 0.393 e. The Bertz CT molecular complexity index is 177. The topological polar surface area (TPSA) is 107 Å². The van der Waals surface area contributed by atoms with E-state index in [0.717, 1.165) is 0 Å². The third kappa shape index (κ3) is 1.47. The fourth-order valence-electron chi connectivity index (χ4n) is 0.964. The molecule has 1 rings (SSSR count). The average molecular weight is 178 g/mol. The highest BCUT2D eigenvalue weighted by molar-refractivity contribution is 5.88. The number of carbonyl (C=O) groups is 1. The predicted molar refractivity (Wildman–Crippen MR) is 35.0 cm³/mol. The maximum Gasteiger partial charge on any atom is 0.195 e. The SMILES string of the molecule is O=C1[C@@H](CO)OC(O)[C@H](O)[C@H]1O. The van der Waals surface area contributed by atoms with Gasteiger partial charge in [-0.3, -0.25) is 4.79 Å². The molecular formula is C6H10O6. The molecule has 4 N–H and O–H groups in total. The van der Waals surface area contributed by atoms with Gasteiger partial charge in [-0.15, -0.1) is 0 Å². The Morgan fingerprint density at radius 2 is 1.92 bits per heavy atom. The molecule has 12 heavy (non-hydrogen) atoms. The molecule has 0 aliphatic carbocycles. The standard InChI is InChI=1S/C6H10O6/c7-1-2-3(8)4(9)5(10)6(11)12-2/h2,4-7,9-11H,1H2/t2-,4+,5-,6?/m1/s1. The van der Waals surface area contributed by atoms with Crippen LogP contribution in [0, 0.1) is 0 Å². The van der Waals surface area contributed by atoms with Gasteiger partial charge in [-0.25, -0.2) is 0 Å². The monoisotopic (exact) mass is 178 g/mol. The van der Waals surface area contributed by atoms with Crippen LogP contribution in [-0.2, 0) is 9.53 Å². The van der Waals surface area contributed by atoms with Crippen LogP contribution in [-0.4, -0.2) is 57.4 Å². The zero-order chi connectivity index (χ0) is 9.30. The number of carbonyl (C=O) groups excluding carboxylic acids is 1. The number of rotatable bonds is 1. The Labute approximate surface area is 68.0 Å².